The van der Waals surface area contributed by atoms with E-state index >= 15 is 0 Å². The molecule has 0 aliphatic carbocycles. The average Bonchev–Trinajstić information content (AvgIpc) is 3.00. The molecule has 236 valence electrons. The molecule has 2 N–H and O–H groups in total. The van der Waals surface area contributed by atoms with Crippen molar-refractivity contribution in [3.05, 3.63) is 110 Å². The number of ether oxygens (including phenoxy) is 3. The number of hydrogen-bond acceptors (Lipinski definition) is 11. The van der Waals surface area contributed by atoms with E-state index in [4.69, 9.17) is 14.2 Å². The van der Waals surface area contributed by atoms with E-state index < -0.39 is 21.5 Å². The number of aromatic nitrogens is 2. The maximum Gasteiger partial charge on any atom is 1.00 e. The minimum atomic E-state index is -0.910. The van der Waals surface area contributed by atoms with Crippen molar-refractivity contribution in [3.63, 3.8) is 0 Å². The Hall–Kier alpha value is -3.73. The SMILES string of the molecule is CCCc1ccc(O)c(OC)c1.CCCc1ccc(Oc2cccnc2[N+](=O)[O-])c(OC)c1.O=[N+]([O-])c1ncccc1F.[K+].[OH-]. The van der Waals surface area contributed by atoms with Crippen LogP contribution in [-0.2, 0) is 12.8 Å². The number of benzene rings is 2. The van der Waals surface area contributed by atoms with Gasteiger partial charge in [0.15, 0.2) is 23.0 Å². The third kappa shape index (κ3) is 13.4. The largest absolute Gasteiger partial charge is 1.00 e. The van der Waals surface area contributed by atoms with Crippen LogP contribution in [0.1, 0.15) is 37.8 Å². The Labute approximate surface area is 302 Å². The maximum absolute atomic E-state index is 12.3. The van der Waals surface area contributed by atoms with E-state index in [0.29, 0.717) is 17.2 Å². The number of aromatic hydroxyl groups is 1. The van der Waals surface area contributed by atoms with Gasteiger partial charge in [0.1, 0.15) is 12.4 Å². The van der Waals surface area contributed by atoms with Gasteiger partial charge in [-0.15, -0.1) is 0 Å². The van der Waals surface area contributed by atoms with Crippen molar-refractivity contribution < 1.29 is 90.4 Å². The molecule has 0 bridgehead atoms. The standard InChI is InChI=1S/C15H16N2O4.C10H14O2.C5H3FN2O2.K.H2O/c1-3-5-11-7-8-12(14(10-11)20-2)21-13-6-4-9-16-15(13)17(18)19;1-3-4-8-5-6-9(11)10(7-8)12-2;6-4-2-1-3-7-5(4)8(9)10;;/h4,6-10H,3,5H2,1-2H3;5-7,11H,3-4H2,1-2H3;1-3H;;1H2/q;;;+1;/p-1. The van der Waals surface area contributed by atoms with Gasteiger partial charge in [-0.25, -0.2) is 0 Å². The van der Waals surface area contributed by atoms with E-state index in [1.165, 1.54) is 37.2 Å². The molecular weight excluding hydrogens is 618 g/mol. The number of nitro groups is 2. The summed E-state index contributed by atoms with van der Waals surface area (Å²) in [5, 5.41) is 30.1. The Kier molecular flexibility index (Phi) is 20.1. The summed E-state index contributed by atoms with van der Waals surface area (Å²) < 4.78 is 28.2. The molecular formula is C30H34FKN4O9. The fourth-order valence-corrected chi connectivity index (χ4v) is 3.64. The molecule has 0 aliphatic rings. The van der Waals surface area contributed by atoms with Crippen molar-refractivity contribution in [1.29, 1.82) is 0 Å². The molecule has 0 radical (unpaired) electrons. The van der Waals surface area contributed by atoms with Gasteiger partial charge in [-0.2, -0.15) is 4.39 Å². The van der Waals surface area contributed by atoms with Crippen LogP contribution >= 0.6 is 0 Å². The molecule has 15 heteroatoms. The number of nitrogens with zero attached hydrogens (tertiary/aromatic N) is 4. The topological polar surface area (TPSA) is 190 Å². The quantitative estimate of drug-likeness (QED) is 0.148. The first-order valence-corrected chi connectivity index (χ1v) is 13.2. The third-order valence-electron chi connectivity index (χ3n) is 5.61. The molecule has 4 rings (SSSR count). The van der Waals surface area contributed by atoms with E-state index in [1.54, 1.807) is 25.3 Å². The van der Waals surface area contributed by atoms with E-state index in [-0.39, 0.29) is 74.2 Å². The summed E-state index contributed by atoms with van der Waals surface area (Å²) in [5.41, 5.74) is 2.33. The van der Waals surface area contributed by atoms with E-state index in [1.807, 2.05) is 24.3 Å². The van der Waals surface area contributed by atoms with Crippen molar-refractivity contribution in [2.45, 2.75) is 39.5 Å². The molecule has 13 nitrogen and oxygen atoms in total. The Morgan fingerprint density at radius 3 is 1.76 bits per heavy atom. The molecule has 0 saturated carbocycles. The van der Waals surface area contributed by atoms with Crippen molar-refractivity contribution in [2.75, 3.05) is 14.2 Å². The Morgan fingerprint density at radius 1 is 0.756 bits per heavy atom. The number of phenols is 1. The van der Waals surface area contributed by atoms with Gasteiger partial charge in [0, 0.05) is 0 Å². The van der Waals surface area contributed by atoms with Gasteiger partial charge in [-0.05, 0) is 92.3 Å². The van der Waals surface area contributed by atoms with Gasteiger partial charge in [0.2, 0.25) is 11.6 Å². The van der Waals surface area contributed by atoms with Crippen molar-refractivity contribution in [2.24, 2.45) is 0 Å². The van der Waals surface area contributed by atoms with Crippen LogP contribution in [0, 0.1) is 26.0 Å². The fourth-order valence-electron chi connectivity index (χ4n) is 3.64. The molecule has 0 fully saturated rings. The molecule has 0 amide bonds. The van der Waals surface area contributed by atoms with Gasteiger partial charge >= 0.3 is 63.0 Å². The monoisotopic (exact) mass is 652 g/mol. The number of hydrogen-bond donors (Lipinski definition) is 1. The number of aryl methyl sites for hydroxylation is 2. The Bertz CT molecular complexity index is 1510. The van der Waals surface area contributed by atoms with Crippen LogP contribution in [0.25, 0.3) is 0 Å². The second-order valence-corrected chi connectivity index (χ2v) is 8.74. The van der Waals surface area contributed by atoms with Gasteiger partial charge in [-0.3, -0.25) is 0 Å². The number of phenolic OH excluding ortho intramolecular Hbond substituents is 1. The maximum atomic E-state index is 12.3. The summed E-state index contributed by atoms with van der Waals surface area (Å²) >= 11 is 0. The van der Waals surface area contributed by atoms with Crippen molar-refractivity contribution >= 4 is 11.6 Å². The molecule has 0 unspecified atom stereocenters. The van der Waals surface area contributed by atoms with Crippen LogP contribution in [0.2, 0.25) is 0 Å². The number of rotatable bonds is 10. The van der Waals surface area contributed by atoms with Crippen LogP contribution in [0.5, 0.6) is 28.7 Å². The normalized spacial score (nSPS) is 9.44. The average molecular weight is 653 g/mol. The fraction of sp³-hybridized carbons (Fsp3) is 0.267. The zero-order valence-electron chi connectivity index (χ0n) is 25.7. The summed E-state index contributed by atoms with van der Waals surface area (Å²) in [6.07, 6.45) is 6.61. The molecule has 4 aromatic rings. The van der Waals surface area contributed by atoms with Gasteiger partial charge < -0.3 is 45.0 Å². The van der Waals surface area contributed by atoms with Crippen LogP contribution in [-0.4, -0.2) is 44.6 Å². The van der Waals surface area contributed by atoms with Gasteiger partial charge in [-0.1, -0.05) is 38.8 Å². The molecule has 0 saturated heterocycles. The van der Waals surface area contributed by atoms with E-state index in [9.17, 15) is 29.7 Å². The van der Waals surface area contributed by atoms with Crippen molar-refractivity contribution in [3.8, 4) is 28.7 Å². The zero-order chi connectivity index (χ0) is 31.8. The molecule has 0 atom stereocenters. The third-order valence-corrected chi connectivity index (χ3v) is 5.61. The molecule has 2 heterocycles. The summed E-state index contributed by atoms with van der Waals surface area (Å²) in [4.78, 5) is 26.3. The molecule has 2 aromatic carbocycles. The zero-order valence-corrected chi connectivity index (χ0v) is 28.8. The molecule has 0 aliphatic heterocycles. The predicted octanol–water partition coefficient (Wildman–Crippen LogP) is 4.05. The number of methoxy groups -OCH3 is 2. The summed E-state index contributed by atoms with van der Waals surface area (Å²) in [7, 11) is 3.10. The Balaban J connectivity index is 0.000000689. The van der Waals surface area contributed by atoms with Crippen LogP contribution in [0.3, 0.4) is 0 Å². The summed E-state index contributed by atoms with van der Waals surface area (Å²) in [6.45, 7) is 4.22. The first-order valence-electron chi connectivity index (χ1n) is 13.2. The predicted molar refractivity (Wildman–Crippen MR) is 159 cm³/mol. The van der Waals surface area contributed by atoms with Crippen molar-refractivity contribution in [1.82, 2.24) is 9.97 Å². The van der Waals surface area contributed by atoms with Crippen LogP contribution in [0.4, 0.5) is 16.0 Å². The van der Waals surface area contributed by atoms with Gasteiger partial charge in [0.25, 0.3) is 0 Å². The minimum absolute atomic E-state index is 0. The smallest absolute Gasteiger partial charge is 0.870 e. The Morgan fingerprint density at radius 2 is 1.27 bits per heavy atom. The first kappa shape index (κ1) is 41.3. The van der Waals surface area contributed by atoms with Crippen LogP contribution < -0.4 is 65.6 Å². The molecule has 45 heavy (non-hydrogen) atoms. The van der Waals surface area contributed by atoms with Crippen LogP contribution in [0.15, 0.2) is 73.1 Å². The minimum Gasteiger partial charge on any atom is -0.870 e. The summed E-state index contributed by atoms with van der Waals surface area (Å²) in [6, 6.07) is 16.4. The molecule has 2 aromatic heterocycles. The second kappa shape index (κ2) is 21.9. The molecule has 0 spiro atoms. The second-order valence-electron chi connectivity index (χ2n) is 8.74. The number of halogens is 1. The van der Waals surface area contributed by atoms with E-state index in [2.05, 4.69) is 23.8 Å². The first-order chi connectivity index (χ1) is 20.6. The van der Waals surface area contributed by atoms with E-state index in [0.717, 1.165) is 37.3 Å². The van der Waals surface area contributed by atoms with Gasteiger partial charge in [0.05, 0.1) is 14.2 Å². The summed E-state index contributed by atoms with van der Waals surface area (Å²) in [5.74, 6) is -0.151. The number of pyridine rings is 2.